The van der Waals surface area contributed by atoms with Crippen molar-refractivity contribution >= 4 is 5.91 Å². The normalized spacial score (nSPS) is 16.0. The van der Waals surface area contributed by atoms with E-state index in [9.17, 15) is 4.79 Å². The van der Waals surface area contributed by atoms with E-state index in [-0.39, 0.29) is 12.5 Å². The van der Waals surface area contributed by atoms with Crippen molar-refractivity contribution < 1.29 is 14.6 Å². The average molecular weight is 292 g/mol. The minimum Gasteiger partial charge on any atom is -0.497 e. The Morgan fingerprint density at radius 2 is 2.05 bits per heavy atom. The van der Waals surface area contributed by atoms with Crippen LogP contribution in [0.5, 0.6) is 5.75 Å². The first-order valence-corrected chi connectivity index (χ1v) is 7.47. The minimum absolute atomic E-state index is 0.161. The summed E-state index contributed by atoms with van der Waals surface area (Å²) in [4.78, 5) is 15.5. The molecule has 116 valence electrons. The Morgan fingerprint density at radius 3 is 2.71 bits per heavy atom. The van der Waals surface area contributed by atoms with Gasteiger partial charge in [0.25, 0.3) is 0 Å². The first kappa shape index (κ1) is 15.8. The highest BCUT2D eigenvalue weighted by Gasteiger charge is 2.19. The Bertz CT molecular complexity index is 457. The number of carbonyl (C=O) groups is 1. The molecule has 1 aromatic carbocycles. The molecule has 0 saturated carbocycles. The number of methoxy groups -OCH3 is 1. The van der Waals surface area contributed by atoms with Gasteiger partial charge < -0.3 is 14.7 Å². The van der Waals surface area contributed by atoms with Crippen LogP contribution in [-0.2, 0) is 11.2 Å². The van der Waals surface area contributed by atoms with E-state index >= 15 is 0 Å². The van der Waals surface area contributed by atoms with E-state index < -0.39 is 0 Å². The van der Waals surface area contributed by atoms with E-state index in [2.05, 4.69) is 17.0 Å². The molecule has 1 aliphatic heterocycles. The van der Waals surface area contributed by atoms with Gasteiger partial charge in [0.05, 0.1) is 7.11 Å². The van der Waals surface area contributed by atoms with Crippen molar-refractivity contribution in [1.82, 2.24) is 9.80 Å². The third-order valence-corrected chi connectivity index (χ3v) is 3.93. The number of carbonyl (C=O) groups excluding carboxylic acids is 1. The lowest BCUT2D eigenvalue weighted by Gasteiger charge is -2.34. The van der Waals surface area contributed by atoms with E-state index in [1.807, 2.05) is 12.1 Å². The zero-order valence-electron chi connectivity index (χ0n) is 12.6. The summed E-state index contributed by atoms with van der Waals surface area (Å²) in [5.41, 5.74) is 1.29. The minimum atomic E-state index is -0.379. The molecule has 0 unspecified atom stereocenters. The fraction of sp³-hybridized carbons (Fsp3) is 0.562. The summed E-state index contributed by atoms with van der Waals surface area (Å²) in [5.74, 6) is 0.745. The van der Waals surface area contributed by atoms with Crippen LogP contribution < -0.4 is 4.74 Å². The molecule has 1 saturated heterocycles. The number of hydrogen-bond donors (Lipinski definition) is 1. The van der Waals surface area contributed by atoms with Crippen LogP contribution in [0.4, 0.5) is 0 Å². The highest BCUT2D eigenvalue weighted by molar-refractivity contribution is 5.77. The zero-order valence-corrected chi connectivity index (χ0v) is 12.6. The van der Waals surface area contributed by atoms with Crippen LogP contribution in [-0.4, -0.2) is 67.3 Å². The van der Waals surface area contributed by atoms with Crippen molar-refractivity contribution in [2.75, 3.05) is 46.4 Å². The first-order chi connectivity index (χ1) is 10.2. The molecule has 5 nitrogen and oxygen atoms in total. The monoisotopic (exact) mass is 292 g/mol. The Hall–Kier alpha value is -1.59. The lowest BCUT2D eigenvalue weighted by Crippen LogP contribution is -2.49. The number of nitrogens with zero attached hydrogens (tertiary/aromatic N) is 2. The molecule has 5 heteroatoms. The number of rotatable bonds is 6. The van der Waals surface area contributed by atoms with E-state index in [4.69, 9.17) is 9.84 Å². The Kier molecular flexibility index (Phi) is 6.02. The molecule has 0 aliphatic carbocycles. The quantitative estimate of drug-likeness (QED) is 0.841. The summed E-state index contributed by atoms with van der Waals surface area (Å²) in [7, 11) is 1.69. The second kappa shape index (κ2) is 8.00. The van der Waals surface area contributed by atoms with Crippen molar-refractivity contribution in [1.29, 1.82) is 0 Å². The van der Waals surface area contributed by atoms with Gasteiger partial charge in [-0.1, -0.05) is 12.1 Å². The van der Waals surface area contributed by atoms with Gasteiger partial charge in [-0.25, -0.2) is 0 Å². The number of aryl methyl sites for hydroxylation is 1. The Morgan fingerprint density at radius 1 is 1.29 bits per heavy atom. The van der Waals surface area contributed by atoms with Crippen LogP contribution in [0.2, 0.25) is 0 Å². The summed E-state index contributed by atoms with van der Waals surface area (Å²) in [6, 6.07) is 8.19. The summed E-state index contributed by atoms with van der Waals surface area (Å²) in [6.07, 6.45) is 2.13. The molecule has 1 heterocycles. The van der Waals surface area contributed by atoms with Crippen molar-refractivity contribution in [3.63, 3.8) is 0 Å². The maximum atomic E-state index is 11.4. The Balaban J connectivity index is 1.69. The van der Waals surface area contributed by atoms with E-state index in [0.717, 1.165) is 51.3 Å². The van der Waals surface area contributed by atoms with Crippen molar-refractivity contribution in [2.24, 2.45) is 0 Å². The van der Waals surface area contributed by atoms with Crippen LogP contribution >= 0.6 is 0 Å². The van der Waals surface area contributed by atoms with E-state index in [0.29, 0.717) is 0 Å². The van der Waals surface area contributed by atoms with Crippen LogP contribution in [0.3, 0.4) is 0 Å². The van der Waals surface area contributed by atoms with Crippen molar-refractivity contribution in [2.45, 2.75) is 12.8 Å². The molecular formula is C16H24N2O3. The molecule has 0 atom stereocenters. The highest BCUT2D eigenvalue weighted by atomic mass is 16.5. The highest BCUT2D eigenvalue weighted by Crippen LogP contribution is 2.14. The van der Waals surface area contributed by atoms with Crippen molar-refractivity contribution in [3.8, 4) is 5.75 Å². The largest absolute Gasteiger partial charge is 0.497 e. The van der Waals surface area contributed by atoms with E-state index in [1.165, 1.54) is 5.56 Å². The maximum Gasteiger partial charge on any atom is 0.248 e. The number of aliphatic hydroxyl groups excluding tert-OH is 1. The van der Waals surface area contributed by atoms with Gasteiger partial charge in [0.1, 0.15) is 12.4 Å². The van der Waals surface area contributed by atoms with Gasteiger partial charge in [-0.15, -0.1) is 0 Å². The summed E-state index contributed by atoms with van der Waals surface area (Å²) < 4.78 is 5.23. The molecule has 2 rings (SSSR count). The zero-order chi connectivity index (χ0) is 15.1. The number of hydrogen-bond acceptors (Lipinski definition) is 4. The number of aliphatic hydroxyl groups is 1. The Labute approximate surface area is 126 Å². The van der Waals surface area contributed by atoms with Crippen LogP contribution in [0.1, 0.15) is 12.0 Å². The molecule has 0 spiro atoms. The fourth-order valence-electron chi connectivity index (χ4n) is 2.66. The van der Waals surface area contributed by atoms with Gasteiger partial charge in [-0.2, -0.15) is 0 Å². The predicted molar refractivity (Wildman–Crippen MR) is 81.4 cm³/mol. The van der Waals surface area contributed by atoms with Crippen molar-refractivity contribution in [3.05, 3.63) is 29.8 Å². The molecule has 1 N–H and O–H groups in total. The molecule has 0 bridgehead atoms. The summed E-state index contributed by atoms with van der Waals surface area (Å²) >= 11 is 0. The van der Waals surface area contributed by atoms with Gasteiger partial charge in [-0.05, 0) is 37.1 Å². The average Bonchev–Trinajstić information content (AvgIpc) is 2.55. The number of amides is 1. The first-order valence-electron chi connectivity index (χ1n) is 7.47. The topological polar surface area (TPSA) is 53.0 Å². The smallest absolute Gasteiger partial charge is 0.248 e. The molecular weight excluding hydrogens is 268 g/mol. The number of benzene rings is 1. The van der Waals surface area contributed by atoms with Crippen LogP contribution in [0.15, 0.2) is 24.3 Å². The van der Waals surface area contributed by atoms with Gasteiger partial charge in [-0.3, -0.25) is 9.69 Å². The predicted octanol–water partition coefficient (Wildman–Crippen LogP) is 0.764. The third-order valence-electron chi connectivity index (χ3n) is 3.93. The summed E-state index contributed by atoms with van der Waals surface area (Å²) in [6.45, 7) is 3.89. The molecule has 1 fully saturated rings. The molecule has 0 radical (unpaired) electrons. The molecule has 1 aromatic rings. The lowest BCUT2D eigenvalue weighted by atomic mass is 10.1. The number of ether oxygens (including phenoxy) is 1. The maximum absolute atomic E-state index is 11.4. The molecule has 0 aromatic heterocycles. The van der Waals surface area contributed by atoms with Crippen LogP contribution in [0, 0.1) is 0 Å². The second-order valence-electron chi connectivity index (χ2n) is 5.34. The standard InChI is InChI=1S/C16H24N2O3/c1-21-15-6-2-4-14(12-15)5-3-7-17-8-10-18(11-9-17)16(20)13-19/h2,4,6,12,19H,3,5,7-11,13H2,1H3. The van der Waals surface area contributed by atoms with Gasteiger partial charge in [0.15, 0.2) is 0 Å². The van der Waals surface area contributed by atoms with Gasteiger partial charge >= 0.3 is 0 Å². The molecule has 1 amide bonds. The summed E-state index contributed by atoms with van der Waals surface area (Å²) in [5, 5.41) is 8.85. The van der Waals surface area contributed by atoms with E-state index in [1.54, 1.807) is 12.0 Å². The lowest BCUT2D eigenvalue weighted by molar-refractivity contribution is -0.135. The molecule has 1 aliphatic rings. The van der Waals surface area contributed by atoms with Crippen LogP contribution in [0.25, 0.3) is 0 Å². The fourth-order valence-corrected chi connectivity index (χ4v) is 2.66. The second-order valence-corrected chi connectivity index (χ2v) is 5.34. The van der Waals surface area contributed by atoms with Gasteiger partial charge in [0, 0.05) is 26.2 Å². The third kappa shape index (κ3) is 4.72. The molecule has 21 heavy (non-hydrogen) atoms. The number of piperazine rings is 1. The van der Waals surface area contributed by atoms with Gasteiger partial charge in [0.2, 0.25) is 5.91 Å². The SMILES string of the molecule is COc1cccc(CCCN2CCN(C(=O)CO)CC2)c1.